The maximum Gasteiger partial charge on any atom is 0.379 e. The first-order chi connectivity index (χ1) is 12.5. The highest BCUT2D eigenvalue weighted by Gasteiger charge is 2.16. The average molecular weight is 355 g/mol. The molecule has 0 aromatic heterocycles. The molecule has 0 bridgehead atoms. The largest absolute Gasteiger partial charge is 0.462 e. The lowest BCUT2D eigenvalue weighted by Crippen LogP contribution is -2.17. The van der Waals surface area contributed by atoms with Gasteiger partial charge >= 0.3 is 11.9 Å². The van der Waals surface area contributed by atoms with E-state index >= 15 is 0 Å². The molecular formula is C20H21NO5. The topological polar surface area (TPSA) is 81.7 Å². The molecule has 2 aromatic rings. The van der Waals surface area contributed by atoms with Crippen LogP contribution in [0.3, 0.4) is 0 Å². The predicted octanol–water partition coefficient (Wildman–Crippen LogP) is 3.22. The summed E-state index contributed by atoms with van der Waals surface area (Å²) in [6.45, 7) is 4.40. The molecule has 0 spiro atoms. The maximum absolute atomic E-state index is 11.8. The van der Waals surface area contributed by atoms with Crippen molar-refractivity contribution in [3.8, 4) is 0 Å². The normalized spacial score (nSPS) is 10.1. The number of esters is 2. The number of benzene rings is 2. The van der Waals surface area contributed by atoms with Crippen LogP contribution in [0.5, 0.6) is 0 Å². The fourth-order valence-corrected chi connectivity index (χ4v) is 2.26. The monoisotopic (exact) mass is 355 g/mol. The van der Waals surface area contributed by atoms with E-state index in [0.29, 0.717) is 18.7 Å². The van der Waals surface area contributed by atoms with Crippen LogP contribution >= 0.6 is 0 Å². The zero-order valence-electron chi connectivity index (χ0n) is 14.8. The summed E-state index contributed by atoms with van der Waals surface area (Å²) in [5.74, 6) is -1.87. The highest BCUT2D eigenvalue weighted by Crippen LogP contribution is 2.14. The van der Waals surface area contributed by atoms with E-state index in [2.05, 4.69) is 5.32 Å². The van der Waals surface area contributed by atoms with Crippen molar-refractivity contribution in [3.63, 3.8) is 0 Å². The maximum atomic E-state index is 11.8. The first-order valence-electron chi connectivity index (χ1n) is 8.36. The Balaban J connectivity index is 1.98. The van der Waals surface area contributed by atoms with E-state index in [9.17, 15) is 14.4 Å². The molecule has 136 valence electrons. The van der Waals surface area contributed by atoms with Gasteiger partial charge < -0.3 is 14.8 Å². The van der Waals surface area contributed by atoms with Crippen LogP contribution < -0.4 is 5.32 Å². The van der Waals surface area contributed by atoms with Crippen LogP contribution in [0.15, 0.2) is 48.5 Å². The summed E-state index contributed by atoms with van der Waals surface area (Å²) >= 11 is 0. The van der Waals surface area contributed by atoms with E-state index in [-0.39, 0.29) is 18.1 Å². The number of hydrogen-bond donors (Lipinski definition) is 1. The summed E-state index contributed by atoms with van der Waals surface area (Å²) in [5, 5.41) is 3.21. The van der Waals surface area contributed by atoms with Crippen molar-refractivity contribution < 1.29 is 23.9 Å². The van der Waals surface area contributed by atoms with Gasteiger partial charge in [-0.05, 0) is 37.6 Å². The summed E-state index contributed by atoms with van der Waals surface area (Å²) in [7, 11) is 0. The molecule has 6 heteroatoms. The number of anilines is 1. The molecule has 1 N–H and O–H groups in total. The molecule has 0 radical (unpaired) electrons. The molecule has 0 saturated heterocycles. The Hall–Kier alpha value is -3.15. The summed E-state index contributed by atoms with van der Waals surface area (Å²) in [6.07, 6.45) is 0. The Labute approximate surface area is 152 Å². The third-order valence-corrected chi connectivity index (χ3v) is 3.55. The quantitative estimate of drug-likeness (QED) is 0.445. The molecular weight excluding hydrogens is 334 g/mol. The van der Waals surface area contributed by atoms with Crippen molar-refractivity contribution in [1.82, 2.24) is 0 Å². The van der Waals surface area contributed by atoms with Gasteiger partial charge in [0.15, 0.2) is 0 Å². The van der Waals surface area contributed by atoms with Crippen LogP contribution in [0.1, 0.15) is 40.1 Å². The summed E-state index contributed by atoms with van der Waals surface area (Å²) in [4.78, 5) is 35.1. The van der Waals surface area contributed by atoms with Crippen LogP contribution in [-0.4, -0.2) is 30.9 Å². The van der Waals surface area contributed by atoms with Gasteiger partial charge in [0.25, 0.3) is 5.78 Å². The van der Waals surface area contributed by atoms with E-state index in [1.807, 2.05) is 6.07 Å². The zero-order chi connectivity index (χ0) is 18.9. The van der Waals surface area contributed by atoms with Crippen LogP contribution in [0, 0.1) is 0 Å². The van der Waals surface area contributed by atoms with Crippen molar-refractivity contribution >= 4 is 23.4 Å². The van der Waals surface area contributed by atoms with Gasteiger partial charge in [-0.3, -0.25) is 4.79 Å². The molecule has 2 rings (SSSR count). The lowest BCUT2D eigenvalue weighted by molar-refractivity contribution is -0.137. The molecule has 0 aliphatic carbocycles. The molecule has 0 heterocycles. The van der Waals surface area contributed by atoms with Gasteiger partial charge in [0, 0.05) is 17.8 Å². The first-order valence-corrected chi connectivity index (χ1v) is 8.36. The SMILES string of the molecule is CCOC(=O)C(=O)c1ccc(CNc2cccc(C(=O)OCC)c2)cc1. The Morgan fingerprint density at radius 2 is 1.58 bits per heavy atom. The number of ketones is 1. The smallest absolute Gasteiger partial charge is 0.379 e. The second-order valence-corrected chi connectivity index (χ2v) is 5.40. The number of carbonyl (C=O) groups excluding carboxylic acids is 3. The lowest BCUT2D eigenvalue weighted by atomic mass is 10.1. The standard InChI is InChI=1S/C20H21NO5/c1-3-25-19(23)16-6-5-7-17(12-16)21-13-14-8-10-15(11-9-14)18(22)20(24)26-4-2/h5-12,21H,3-4,13H2,1-2H3. The fourth-order valence-electron chi connectivity index (χ4n) is 2.26. The Kier molecular flexibility index (Phi) is 6.91. The first kappa shape index (κ1) is 19.2. The third kappa shape index (κ3) is 5.17. The van der Waals surface area contributed by atoms with E-state index in [1.54, 1.807) is 56.3 Å². The highest BCUT2D eigenvalue weighted by molar-refractivity contribution is 6.40. The van der Waals surface area contributed by atoms with Crippen molar-refractivity contribution in [2.45, 2.75) is 20.4 Å². The predicted molar refractivity (Wildman–Crippen MR) is 97.1 cm³/mol. The molecule has 2 aromatic carbocycles. The van der Waals surface area contributed by atoms with E-state index < -0.39 is 11.8 Å². The van der Waals surface area contributed by atoms with Crippen molar-refractivity contribution in [1.29, 1.82) is 0 Å². The summed E-state index contributed by atoms with van der Waals surface area (Å²) in [5.41, 5.74) is 2.47. The van der Waals surface area contributed by atoms with Gasteiger partial charge in [0.2, 0.25) is 0 Å². The minimum atomic E-state index is -0.853. The fraction of sp³-hybridized carbons (Fsp3) is 0.250. The molecule has 0 fully saturated rings. The van der Waals surface area contributed by atoms with Gasteiger partial charge in [0.1, 0.15) is 0 Å². The van der Waals surface area contributed by atoms with Crippen molar-refractivity contribution in [3.05, 3.63) is 65.2 Å². The number of rotatable bonds is 8. The minimum Gasteiger partial charge on any atom is -0.462 e. The molecule has 0 aliphatic rings. The average Bonchev–Trinajstić information content (AvgIpc) is 2.67. The minimum absolute atomic E-state index is 0.164. The van der Waals surface area contributed by atoms with Gasteiger partial charge in [-0.2, -0.15) is 0 Å². The molecule has 6 nitrogen and oxygen atoms in total. The molecule has 0 saturated carbocycles. The molecule has 26 heavy (non-hydrogen) atoms. The molecule has 0 unspecified atom stereocenters. The molecule has 0 aliphatic heterocycles. The van der Waals surface area contributed by atoms with Crippen LogP contribution in [-0.2, 0) is 20.8 Å². The highest BCUT2D eigenvalue weighted by atomic mass is 16.5. The second kappa shape index (κ2) is 9.36. The Morgan fingerprint density at radius 1 is 0.885 bits per heavy atom. The van der Waals surface area contributed by atoms with Crippen molar-refractivity contribution in [2.75, 3.05) is 18.5 Å². The summed E-state index contributed by atoms with van der Waals surface area (Å²) < 4.78 is 9.68. The van der Waals surface area contributed by atoms with Gasteiger partial charge in [-0.25, -0.2) is 9.59 Å². The Morgan fingerprint density at radius 3 is 2.23 bits per heavy atom. The Bertz CT molecular complexity index is 783. The van der Waals surface area contributed by atoms with Crippen LogP contribution in [0.25, 0.3) is 0 Å². The second-order valence-electron chi connectivity index (χ2n) is 5.40. The summed E-state index contributed by atoms with van der Waals surface area (Å²) in [6, 6.07) is 13.7. The van der Waals surface area contributed by atoms with E-state index in [0.717, 1.165) is 11.3 Å². The lowest BCUT2D eigenvalue weighted by Gasteiger charge is -2.09. The number of hydrogen-bond acceptors (Lipinski definition) is 6. The van der Waals surface area contributed by atoms with Crippen LogP contribution in [0.4, 0.5) is 5.69 Å². The molecule has 0 atom stereocenters. The van der Waals surface area contributed by atoms with E-state index in [4.69, 9.17) is 9.47 Å². The molecule has 0 amide bonds. The zero-order valence-corrected chi connectivity index (χ0v) is 14.8. The number of nitrogens with one attached hydrogen (secondary N) is 1. The van der Waals surface area contributed by atoms with Gasteiger partial charge in [-0.15, -0.1) is 0 Å². The van der Waals surface area contributed by atoms with Gasteiger partial charge in [-0.1, -0.05) is 30.3 Å². The number of carbonyl (C=O) groups is 3. The number of ether oxygens (including phenoxy) is 2. The number of Topliss-reactive ketones (excluding diaryl/α,β-unsaturated/α-hetero) is 1. The van der Waals surface area contributed by atoms with Crippen LogP contribution in [0.2, 0.25) is 0 Å². The van der Waals surface area contributed by atoms with Gasteiger partial charge in [0.05, 0.1) is 18.8 Å². The third-order valence-electron chi connectivity index (χ3n) is 3.55. The van der Waals surface area contributed by atoms with Crippen molar-refractivity contribution in [2.24, 2.45) is 0 Å². The van der Waals surface area contributed by atoms with E-state index in [1.165, 1.54) is 0 Å².